The lowest BCUT2D eigenvalue weighted by Crippen LogP contribution is -2.40. The third kappa shape index (κ3) is 7.44. The van der Waals surface area contributed by atoms with Crippen molar-refractivity contribution in [2.75, 3.05) is 53.1 Å². The molecule has 6 heteroatoms. The highest BCUT2D eigenvalue weighted by Crippen LogP contribution is 2.35. The van der Waals surface area contributed by atoms with E-state index in [-0.39, 0.29) is 24.0 Å². The fourth-order valence-corrected chi connectivity index (χ4v) is 3.75. The van der Waals surface area contributed by atoms with Crippen LogP contribution in [0.15, 0.2) is 4.99 Å². The van der Waals surface area contributed by atoms with Crippen LogP contribution < -0.4 is 5.32 Å². The minimum Gasteiger partial charge on any atom is -0.382 e. The highest BCUT2D eigenvalue weighted by Gasteiger charge is 2.35. The van der Waals surface area contributed by atoms with Gasteiger partial charge in [0.1, 0.15) is 0 Å². The van der Waals surface area contributed by atoms with E-state index in [9.17, 15) is 0 Å². The van der Waals surface area contributed by atoms with Crippen molar-refractivity contribution in [2.45, 2.75) is 45.4 Å². The summed E-state index contributed by atoms with van der Waals surface area (Å²) in [6.07, 6.45) is 7.83. The van der Waals surface area contributed by atoms with Gasteiger partial charge in [-0.25, -0.2) is 0 Å². The number of nitrogens with one attached hydrogen (secondary N) is 1. The number of guanidine groups is 1. The van der Waals surface area contributed by atoms with Gasteiger partial charge in [0.25, 0.3) is 0 Å². The van der Waals surface area contributed by atoms with Crippen molar-refractivity contribution in [3.63, 3.8) is 0 Å². The van der Waals surface area contributed by atoms with Crippen molar-refractivity contribution >= 4 is 29.9 Å². The summed E-state index contributed by atoms with van der Waals surface area (Å²) in [5.74, 6) is 2.94. The number of hydrogen-bond donors (Lipinski definition) is 1. The standard InChI is InChI=1S/C18H35N3O2.HI/c1-3-19-18(20-10-6-7-11-23-13-12-22-2)21-14-16-8-4-5-9-17(16)15-21;/h16-17H,3-15H2,1-2H3,(H,19,20);1H. The normalized spacial score (nSPS) is 23.8. The summed E-state index contributed by atoms with van der Waals surface area (Å²) in [5, 5.41) is 3.48. The van der Waals surface area contributed by atoms with Crippen LogP contribution in [0.2, 0.25) is 0 Å². The van der Waals surface area contributed by atoms with Gasteiger partial charge in [-0.1, -0.05) is 12.8 Å². The highest BCUT2D eigenvalue weighted by molar-refractivity contribution is 14.0. The number of likely N-dealkylation sites (tertiary alicyclic amines) is 1. The minimum atomic E-state index is 0. The Kier molecular flexibility index (Phi) is 12.0. The maximum absolute atomic E-state index is 5.49. The molecule has 2 rings (SSSR count). The monoisotopic (exact) mass is 453 g/mol. The molecule has 0 aromatic carbocycles. The lowest BCUT2D eigenvalue weighted by atomic mass is 9.82. The van der Waals surface area contributed by atoms with Gasteiger partial charge in [0.05, 0.1) is 13.2 Å². The van der Waals surface area contributed by atoms with Crippen molar-refractivity contribution in [1.29, 1.82) is 0 Å². The molecule has 1 saturated heterocycles. The van der Waals surface area contributed by atoms with Crippen LogP contribution in [0.5, 0.6) is 0 Å². The van der Waals surface area contributed by atoms with E-state index in [4.69, 9.17) is 14.5 Å². The summed E-state index contributed by atoms with van der Waals surface area (Å²) >= 11 is 0. The molecule has 0 radical (unpaired) electrons. The highest BCUT2D eigenvalue weighted by atomic mass is 127. The van der Waals surface area contributed by atoms with Crippen molar-refractivity contribution in [2.24, 2.45) is 16.8 Å². The maximum atomic E-state index is 5.49. The van der Waals surface area contributed by atoms with E-state index in [0.717, 1.165) is 50.3 Å². The summed E-state index contributed by atoms with van der Waals surface area (Å²) in [5.41, 5.74) is 0. The second kappa shape index (κ2) is 13.2. The van der Waals surface area contributed by atoms with Crippen LogP contribution in [0.25, 0.3) is 0 Å². The first-order valence-electron chi connectivity index (χ1n) is 9.45. The fraction of sp³-hybridized carbons (Fsp3) is 0.944. The Morgan fingerprint density at radius 1 is 1.08 bits per heavy atom. The average Bonchev–Trinajstić information content (AvgIpc) is 3.00. The van der Waals surface area contributed by atoms with E-state index >= 15 is 0 Å². The van der Waals surface area contributed by atoms with E-state index in [1.54, 1.807) is 7.11 Å². The van der Waals surface area contributed by atoms with Crippen LogP contribution in [0.3, 0.4) is 0 Å². The average molecular weight is 453 g/mol. The lowest BCUT2D eigenvalue weighted by molar-refractivity contribution is 0.0690. The molecule has 1 N–H and O–H groups in total. The quantitative estimate of drug-likeness (QED) is 0.252. The molecular weight excluding hydrogens is 417 g/mol. The summed E-state index contributed by atoms with van der Waals surface area (Å²) in [4.78, 5) is 7.34. The molecule has 2 aliphatic rings. The summed E-state index contributed by atoms with van der Waals surface area (Å²) < 4.78 is 10.5. The van der Waals surface area contributed by atoms with Crippen molar-refractivity contribution in [3.05, 3.63) is 0 Å². The summed E-state index contributed by atoms with van der Waals surface area (Å²) in [6, 6.07) is 0. The predicted octanol–water partition coefficient (Wildman–Crippen LogP) is 3.14. The number of rotatable bonds is 9. The number of fused-ring (bicyclic) bond motifs is 1. The third-order valence-electron chi connectivity index (χ3n) is 5.00. The van der Waals surface area contributed by atoms with E-state index in [2.05, 4.69) is 17.1 Å². The molecule has 2 unspecified atom stereocenters. The molecule has 0 bridgehead atoms. The second-order valence-corrected chi connectivity index (χ2v) is 6.76. The van der Waals surface area contributed by atoms with Crippen LogP contribution >= 0.6 is 24.0 Å². The number of aliphatic imine (C=N–C) groups is 1. The van der Waals surface area contributed by atoms with Crippen molar-refractivity contribution < 1.29 is 9.47 Å². The Labute approximate surface area is 165 Å². The smallest absolute Gasteiger partial charge is 0.193 e. The zero-order valence-electron chi connectivity index (χ0n) is 15.5. The zero-order valence-corrected chi connectivity index (χ0v) is 17.8. The summed E-state index contributed by atoms with van der Waals surface area (Å²) in [7, 11) is 1.70. The zero-order chi connectivity index (χ0) is 16.3. The van der Waals surface area contributed by atoms with Gasteiger partial charge < -0.3 is 19.7 Å². The molecule has 2 fully saturated rings. The topological polar surface area (TPSA) is 46.1 Å². The molecule has 1 heterocycles. The molecule has 24 heavy (non-hydrogen) atoms. The van der Waals surface area contributed by atoms with E-state index in [0.29, 0.717) is 13.2 Å². The van der Waals surface area contributed by atoms with Gasteiger partial charge in [-0.05, 0) is 44.4 Å². The Hall–Kier alpha value is -0.0800. The molecule has 0 aromatic heterocycles. The van der Waals surface area contributed by atoms with Gasteiger partial charge in [0, 0.05) is 39.9 Å². The number of hydrogen-bond acceptors (Lipinski definition) is 3. The second-order valence-electron chi connectivity index (χ2n) is 6.76. The molecule has 1 aliphatic heterocycles. The van der Waals surface area contributed by atoms with Gasteiger partial charge in [0.2, 0.25) is 0 Å². The molecule has 1 saturated carbocycles. The number of ether oxygens (including phenoxy) is 2. The van der Waals surface area contributed by atoms with E-state index in [1.165, 1.54) is 38.8 Å². The van der Waals surface area contributed by atoms with Crippen LogP contribution in [0.4, 0.5) is 0 Å². The number of unbranched alkanes of at least 4 members (excludes halogenated alkanes) is 1. The van der Waals surface area contributed by atoms with Gasteiger partial charge in [-0.15, -0.1) is 24.0 Å². The van der Waals surface area contributed by atoms with Crippen molar-refractivity contribution in [3.8, 4) is 0 Å². The van der Waals surface area contributed by atoms with Gasteiger partial charge in [-0.3, -0.25) is 4.99 Å². The molecule has 142 valence electrons. The predicted molar refractivity (Wildman–Crippen MR) is 110 cm³/mol. The van der Waals surface area contributed by atoms with Gasteiger partial charge in [-0.2, -0.15) is 0 Å². The van der Waals surface area contributed by atoms with Crippen LogP contribution in [0.1, 0.15) is 45.4 Å². The Morgan fingerprint density at radius 3 is 2.42 bits per heavy atom. The maximum Gasteiger partial charge on any atom is 0.193 e. The minimum absolute atomic E-state index is 0. The Bertz CT molecular complexity index is 341. The van der Waals surface area contributed by atoms with Crippen LogP contribution in [0, 0.1) is 11.8 Å². The number of halogens is 1. The number of methoxy groups -OCH3 is 1. The molecule has 2 atom stereocenters. The Balaban J connectivity index is 0.00000288. The van der Waals surface area contributed by atoms with Crippen LogP contribution in [-0.4, -0.2) is 64.0 Å². The largest absolute Gasteiger partial charge is 0.382 e. The Morgan fingerprint density at radius 2 is 1.79 bits per heavy atom. The van der Waals surface area contributed by atoms with E-state index < -0.39 is 0 Å². The summed E-state index contributed by atoms with van der Waals surface area (Å²) in [6.45, 7) is 8.59. The molecule has 0 aromatic rings. The third-order valence-corrected chi connectivity index (χ3v) is 5.00. The first-order chi connectivity index (χ1) is 11.3. The van der Waals surface area contributed by atoms with Gasteiger partial charge >= 0.3 is 0 Å². The molecular formula is C18H36IN3O2. The molecule has 0 amide bonds. The fourth-order valence-electron chi connectivity index (χ4n) is 3.75. The first kappa shape index (κ1) is 22.0. The number of nitrogens with zero attached hydrogens (tertiary/aromatic N) is 2. The van der Waals surface area contributed by atoms with Crippen LogP contribution in [-0.2, 0) is 9.47 Å². The molecule has 0 spiro atoms. The van der Waals surface area contributed by atoms with E-state index in [1.807, 2.05) is 0 Å². The van der Waals surface area contributed by atoms with Gasteiger partial charge in [0.15, 0.2) is 5.96 Å². The first-order valence-corrected chi connectivity index (χ1v) is 9.45. The lowest BCUT2D eigenvalue weighted by Gasteiger charge is -2.22. The van der Waals surface area contributed by atoms with Crippen molar-refractivity contribution in [1.82, 2.24) is 10.2 Å². The molecule has 1 aliphatic carbocycles. The molecule has 5 nitrogen and oxygen atoms in total. The SMILES string of the molecule is CCNC(=NCCCCOCCOC)N1CC2CCCCC2C1.I.